The summed E-state index contributed by atoms with van der Waals surface area (Å²) in [4.78, 5) is 23.8. The maximum Gasteiger partial charge on any atom is 0.287 e. The van der Waals surface area contributed by atoms with Gasteiger partial charge in [0.25, 0.3) is 5.91 Å². The zero-order valence-corrected chi connectivity index (χ0v) is 20.7. The quantitative estimate of drug-likeness (QED) is 0.142. The highest BCUT2D eigenvalue weighted by Crippen LogP contribution is 2.15. The van der Waals surface area contributed by atoms with Gasteiger partial charge in [0.1, 0.15) is 0 Å². The number of hydrogen-bond donors (Lipinski definition) is 1. The minimum absolute atomic E-state index is 0. The molecule has 0 aromatic heterocycles. The van der Waals surface area contributed by atoms with E-state index in [1.165, 1.54) is 90.1 Å². The molecule has 0 bridgehead atoms. The van der Waals surface area contributed by atoms with Crippen molar-refractivity contribution in [3.63, 3.8) is 0 Å². The van der Waals surface area contributed by atoms with Gasteiger partial charge in [-0.1, -0.05) is 77.6 Å². The minimum Gasteiger partial charge on any atom is -1.00 e. The lowest BCUT2D eigenvalue weighted by atomic mass is 10.0. The van der Waals surface area contributed by atoms with Gasteiger partial charge in [-0.25, -0.2) is 0 Å². The maximum absolute atomic E-state index is 11.9. The van der Waals surface area contributed by atoms with E-state index in [-0.39, 0.29) is 35.7 Å². The average Bonchev–Trinajstić information content (AvgIpc) is 3.08. The smallest absolute Gasteiger partial charge is 0.287 e. The van der Waals surface area contributed by atoms with Crippen molar-refractivity contribution >= 4 is 11.7 Å². The summed E-state index contributed by atoms with van der Waals surface area (Å²) in [6, 6.07) is 0. The fourth-order valence-electron chi connectivity index (χ4n) is 4.10. The molecular formula is C23H45IN2O2. The largest absolute Gasteiger partial charge is 1.00 e. The summed E-state index contributed by atoms with van der Waals surface area (Å²) < 4.78 is 1.03. The van der Waals surface area contributed by atoms with Gasteiger partial charge in [-0.2, -0.15) is 0 Å². The van der Waals surface area contributed by atoms with Crippen molar-refractivity contribution in [2.24, 2.45) is 0 Å². The number of quaternary nitrogens is 1. The molecule has 1 aliphatic rings. The number of likely N-dealkylation sites (tertiary alicyclic amines) is 1. The van der Waals surface area contributed by atoms with Crippen LogP contribution in [0.5, 0.6) is 0 Å². The number of unbranched alkanes of at least 4 members (excludes halogenated alkanes) is 11. The third-order valence-corrected chi connectivity index (χ3v) is 6.09. The van der Waals surface area contributed by atoms with Gasteiger partial charge in [-0.3, -0.25) is 9.59 Å². The third kappa shape index (κ3) is 13.9. The average molecular weight is 509 g/mol. The Morgan fingerprint density at radius 3 is 1.75 bits per heavy atom. The van der Waals surface area contributed by atoms with E-state index >= 15 is 0 Å². The number of halogens is 1. The molecule has 0 aromatic carbocycles. The van der Waals surface area contributed by atoms with Gasteiger partial charge in [0.15, 0.2) is 0 Å². The molecule has 0 spiro atoms. The molecule has 0 saturated carbocycles. The van der Waals surface area contributed by atoms with E-state index < -0.39 is 0 Å². The normalized spacial score (nSPS) is 15.2. The molecule has 1 fully saturated rings. The van der Waals surface area contributed by atoms with Crippen LogP contribution >= 0.6 is 0 Å². The molecule has 28 heavy (non-hydrogen) atoms. The predicted octanol–water partition coefficient (Wildman–Crippen LogP) is 2.01. The number of amides is 1. The first-order valence-electron chi connectivity index (χ1n) is 11.7. The number of hydrogen-bond acceptors (Lipinski definition) is 2. The molecule has 0 atom stereocenters. The second-order valence-electron chi connectivity index (χ2n) is 8.82. The number of likely N-dealkylation sites (N-methyl/N-ethyl adjacent to an activating group) is 1. The van der Waals surface area contributed by atoms with Gasteiger partial charge >= 0.3 is 0 Å². The van der Waals surface area contributed by atoms with E-state index in [9.17, 15) is 9.59 Å². The van der Waals surface area contributed by atoms with E-state index in [0.29, 0.717) is 13.0 Å². The summed E-state index contributed by atoms with van der Waals surface area (Å²) in [6.07, 6.45) is 18.3. The predicted molar refractivity (Wildman–Crippen MR) is 114 cm³/mol. The fraction of sp³-hybridized carbons (Fsp3) is 0.913. The molecule has 1 rings (SSSR count). The number of rotatable bonds is 17. The summed E-state index contributed by atoms with van der Waals surface area (Å²) in [7, 11) is 2.24. The molecule has 1 N–H and O–H groups in total. The Labute approximate surface area is 191 Å². The van der Waals surface area contributed by atoms with Gasteiger partial charge in [0.05, 0.1) is 33.2 Å². The number of nitrogens with one attached hydrogen (secondary N) is 1. The molecule has 0 unspecified atom stereocenters. The molecule has 1 aliphatic heterocycles. The molecule has 0 aliphatic carbocycles. The Kier molecular flexibility index (Phi) is 17.6. The first-order chi connectivity index (χ1) is 13.1. The highest BCUT2D eigenvalue weighted by atomic mass is 127. The van der Waals surface area contributed by atoms with Crippen molar-refractivity contribution in [2.45, 2.75) is 103 Å². The second-order valence-corrected chi connectivity index (χ2v) is 8.82. The molecule has 4 nitrogen and oxygen atoms in total. The number of carbonyl (C=O) groups excluding carboxylic acids is 2. The molecule has 0 radical (unpaired) electrons. The van der Waals surface area contributed by atoms with Crippen LogP contribution in [0, 0.1) is 0 Å². The highest BCUT2D eigenvalue weighted by molar-refractivity contribution is 6.36. The van der Waals surface area contributed by atoms with Crippen molar-refractivity contribution in [1.29, 1.82) is 0 Å². The van der Waals surface area contributed by atoms with Crippen LogP contribution in [0.25, 0.3) is 0 Å². The van der Waals surface area contributed by atoms with E-state index in [2.05, 4.69) is 19.3 Å². The van der Waals surface area contributed by atoms with Crippen molar-refractivity contribution in [2.75, 3.05) is 33.2 Å². The number of ketones is 1. The van der Waals surface area contributed by atoms with Crippen LogP contribution in [0.1, 0.15) is 103 Å². The van der Waals surface area contributed by atoms with Crippen molar-refractivity contribution in [3.05, 3.63) is 0 Å². The molecule has 166 valence electrons. The Balaban J connectivity index is 0.00000729. The highest BCUT2D eigenvalue weighted by Gasteiger charge is 2.26. The summed E-state index contributed by atoms with van der Waals surface area (Å²) in [5, 5.41) is 2.82. The number of Topliss-reactive ketones (excluding diaryl/α,β-unsaturated/α-hetero) is 1. The number of carbonyl (C=O) groups is 2. The standard InChI is InChI=1S/C23H44N2O2.HI/c1-3-4-5-6-7-8-9-10-11-12-13-14-17-22(26)23(27)24-18-21-25(2)19-15-16-20-25;/h3-21H2,1-2H3;1H. The maximum atomic E-state index is 11.9. The van der Waals surface area contributed by atoms with E-state index in [1.54, 1.807) is 0 Å². The van der Waals surface area contributed by atoms with Crippen LogP contribution < -0.4 is 29.3 Å². The Morgan fingerprint density at radius 1 is 0.786 bits per heavy atom. The van der Waals surface area contributed by atoms with Gasteiger partial charge < -0.3 is 33.8 Å². The molecule has 0 aromatic rings. The summed E-state index contributed by atoms with van der Waals surface area (Å²) >= 11 is 0. The monoisotopic (exact) mass is 508 g/mol. The first kappa shape index (κ1) is 27.8. The van der Waals surface area contributed by atoms with Gasteiger partial charge in [0.2, 0.25) is 5.78 Å². The lowest BCUT2D eigenvalue weighted by Crippen LogP contribution is -3.00. The van der Waals surface area contributed by atoms with Crippen LogP contribution in [0.15, 0.2) is 0 Å². The SMILES string of the molecule is CCCCCCCCCCCCCCC(=O)C(=O)NCC[N+]1(C)CCCC1.[I-]. The zero-order valence-electron chi connectivity index (χ0n) is 18.6. The van der Waals surface area contributed by atoms with Gasteiger partial charge in [0, 0.05) is 19.3 Å². The Morgan fingerprint density at radius 2 is 1.25 bits per heavy atom. The fourth-order valence-corrected chi connectivity index (χ4v) is 4.10. The summed E-state index contributed by atoms with van der Waals surface area (Å²) in [5.74, 6) is -0.602. The van der Waals surface area contributed by atoms with Crippen LogP contribution in [0.3, 0.4) is 0 Å². The molecule has 5 heteroatoms. The summed E-state index contributed by atoms with van der Waals surface area (Å²) in [5.41, 5.74) is 0. The Hall–Kier alpha value is -0.170. The van der Waals surface area contributed by atoms with E-state index in [1.807, 2.05) is 0 Å². The summed E-state index contributed by atoms with van der Waals surface area (Å²) in [6.45, 7) is 6.22. The van der Waals surface area contributed by atoms with Crippen molar-refractivity contribution < 1.29 is 38.0 Å². The molecule has 1 saturated heterocycles. The van der Waals surface area contributed by atoms with Crippen LogP contribution in [-0.2, 0) is 9.59 Å². The third-order valence-electron chi connectivity index (χ3n) is 6.09. The zero-order chi connectivity index (χ0) is 19.8. The topological polar surface area (TPSA) is 46.2 Å². The Bertz CT molecular complexity index is 409. The first-order valence-corrected chi connectivity index (χ1v) is 11.7. The van der Waals surface area contributed by atoms with E-state index in [4.69, 9.17) is 0 Å². The molecular weight excluding hydrogens is 463 g/mol. The second kappa shape index (κ2) is 17.7. The van der Waals surface area contributed by atoms with Crippen LogP contribution in [0.2, 0.25) is 0 Å². The van der Waals surface area contributed by atoms with Crippen LogP contribution in [0.4, 0.5) is 0 Å². The number of nitrogens with zero attached hydrogens (tertiary/aromatic N) is 1. The van der Waals surface area contributed by atoms with Crippen LogP contribution in [-0.4, -0.2) is 49.4 Å². The molecule has 1 amide bonds. The van der Waals surface area contributed by atoms with E-state index in [0.717, 1.165) is 23.9 Å². The van der Waals surface area contributed by atoms with Crippen molar-refractivity contribution in [3.8, 4) is 0 Å². The molecule has 1 heterocycles. The lowest BCUT2D eigenvalue weighted by molar-refractivity contribution is -0.896. The van der Waals surface area contributed by atoms with Gasteiger partial charge in [-0.15, -0.1) is 0 Å². The lowest BCUT2D eigenvalue weighted by Gasteiger charge is -2.29. The van der Waals surface area contributed by atoms with Crippen molar-refractivity contribution in [1.82, 2.24) is 5.32 Å². The van der Waals surface area contributed by atoms with Gasteiger partial charge in [-0.05, 0) is 6.42 Å². The minimum atomic E-state index is -0.371.